The van der Waals surface area contributed by atoms with Crippen molar-refractivity contribution >= 4 is 22.1 Å². The second kappa shape index (κ2) is 10.5. The van der Waals surface area contributed by atoms with E-state index in [1.54, 1.807) is 18.2 Å². The molecule has 8 heteroatoms. The highest BCUT2D eigenvalue weighted by Gasteiger charge is 2.14. The number of hydrogen-bond acceptors (Lipinski definition) is 5. The van der Waals surface area contributed by atoms with E-state index in [-0.39, 0.29) is 4.90 Å². The fourth-order valence-corrected chi connectivity index (χ4v) is 3.61. The van der Waals surface area contributed by atoms with Crippen LogP contribution in [0.15, 0.2) is 88.9 Å². The molecule has 3 aromatic rings. The minimum Gasteiger partial charge on any atom is -0.488 e. The minimum atomic E-state index is -3.77. The monoisotopic (exact) mass is 437 g/mol. The number of carbonyl (C=O) groups is 1. The smallest absolute Gasteiger partial charge is 0.255 e. The van der Waals surface area contributed by atoms with Crippen LogP contribution in [-0.4, -0.2) is 27.1 Å². The highest BCUT2D eigenvalue weighted by Crippen LogP contribution is 2.17. The molecule has 31 heavy (non-hydrogen) atoms. The summed E-state index contributed by atoms with van der Waals surface area (Å²) in [6.07, 6.45) is 1.45. The maximum Gasteiger partial charge on any atom is 0.255 e. The predicted molar refractivity (Wildman–Crippen MR) is 119 cm³/mol. The number of aryl methyl sites for hydroxylation is 1. The van der Waals surface area contributed by atoms with E-state index in [0.717, 1.165) is 11.1 Å². The Morgan fingerprint density at radius 2 is 1.65 bits per heavy atom. The zero-order valence-corrected chi connectivity index (χ0v) is 17.8. The predicted octanol–water partition coefficient (Wildman–Crippen LogP) is 3.00. The van der Waals surface area contributed by atoms with Gasteiger partial charge in [0, 0.05) is 5.56 Å². The second-order valence-electron chi connectivity index (χ2n) is 6.74. The highest BCUT2D eigenvalue weighted by molar-refractivity contribution is 7.89. The van der Waals surface area contributed by atoms with E-state index < -0.39 is 22.5 Å². The molecule has 160 valence electrons. The molecule has 3 aromatic carbocycles. The van der Waals surface area contributed by atoms with E-state index in [2.05, 4.69) is 15.2 Å². The minimum absolute atomic E-state index is 0.0962. The second-order valence-corrected chi connectivity index (χ2v) is 8.51. The Kier molecular flexibility index (Phi) is 7.53. The summed E-state index contributed by atoms with van der Waals surface area (Å²) < 4.78 is 32.6. The summed E-state index contributed by atoms with van der Waals surface area (Å²) in [5.74, 6) is 0.0269. The molecule has 0 aliphatic heterocycles. The Labute approximate surface area is 181 Å². The number of carbonyl (C=O) groups excluding carboxylic acids is 1. The number of hydrazone groups is 1. The van der Waals surface area contributed by atoms with Crippen LogP contribution in [0, 0.1) is 6.92 Å². The van der Waals surface area contributed by atoms with Crippen LogP contribution < -0.4 is 14.9 Å². The number of nitrogens with zero attached hydrogens (tertiary/aromatic N) is 1. The van der Waals surface area contributed by atoms with Gasteiger partial charge < -0.3 is 4.74 Å². The summed E-state index contributed by atoms with van der Waals surface area (Å²) in [4.78, 5) is 12.1. The first-order valence-corrected chi connectivity index (χ1v) is 11.1. The number of hydrogen-bond donors (Lipinski definition) is 2. The van der Waals surface area contributed by atoms with Gasteiger partial charge in [0.05, 0.1) is 17.7 Å². The zero-order chi connectivity index (χ0) is 22.1. The molecule has 0 aliphatic carbocycles. The van der Waals surface area contributed by atoms with Crippen LogP contribution in [0.3, 0.4) is 0 Å². The number of benzene rings is 3. The fraction of sp³-hybridized carbons (Fsp3) is 0.130. The summed E-state index contributed by atoms with van der Waals surface area (Å²) in [6.45, 7) is 1.83. The lowest BCUT2D eigenvalue weighted by molar-refractivity contribution is -0.119. The van der Waals surface area contributed by atoms with Crippen LogP contribution >= 0.6 is 0 Å². The number of nitrogens with one attached hydrogen (secondary N) is 2. The summed E-state index contributed by atoms with van der Waals surface area (Å²) in [6, 6.07) is 23.4. The summed E-state index contributed by atoms with van der Waals surface area (Å²) in [5, 5.41) is 3.90. The third-order valence-corrected chi connectivity index (χ3v) is 5.72. The molecule has 1 amide bonds. The van der Waals surface area contributed by atoms with Crippen LogP contribution in [0.5, 0.6) is 5.75 Å². The third-order valence-electron chi connectivity index (χ3n) is 4.30. The Morgan fingerprint density at radius 3 is 2.39 bits per heavy atom. The van der Waals surface area contributed by atoms with E-state index in [4.69, 9.17) is 4.74 Å². The van der Waals surface area contributed by atoms with E-state index in [1.165, 1.54) is 18.3 Å². The molecule has 0 aromatic heterocycles. The Balaban J connectivity index is 1.53. The molecular weight excluding hydrogens is 414 g/mol. The van der Waals surface area contributed by atoms with Gasteiger partial charge in [0.1, 0.15) is 12.4 Å². The zero-order valence-electron chi connectivity index (χ0n) is 17.0. The normalized spacial score (nSPS) is 11.4. The van der Waals surface area contributed by atoms with Gasteiger partial charge in [-0.2, -0.15) is 5.10 Å². The van der Waals surface area contributed by atoms with Gasteiger partial charge in [-0.1, -0.05) is 60.2 Å². The average molecular weight is 438 g/mol. The molecule has 0 atom stereocenters. The molecule has 3 rings (SSSR count). The summed E-state index contributed by atoms with van der Waals surface area (Å²) >= 11 is 0. The van der Waals surface area contributed by atoms with Crippen molar-refractivity contribution in [3.63, 3.8) is 0 Å². The number of sulfonamides is 1. The van der Waals surface area contributed by atoms with E-state index in [1.807, 2.05) is 55.5 Å². The van der Waals surface area contributed by atoms with Crippen LogP contribution in [0.4, 0.5) is 0 Å². The van der Waals surface area contributed by atoms with Gasteiger partial charge in [0.15, 0.2) is 0 Å². The first-order chi connectivity index (χ1) is 14.9. The fourth-order valence-electron chi connectivity index (χ4n) is 2.63. The van der Waals surface area contributed by atoms with Gasteiger partial charge >= 0.3 is 0 Å². The van der Waals surface area contributed by atoms with Crippen molar-refractivity contribution in [2.45, 2.75) is 18.4 Å². The van der Waals surface area contributed by atoms with Gasteiger partial charge in [-0.3, -0.25) is 4.79 Å². The van der Waals surface area contributed by atoms with Gasteiger partial charge in [-0.05, 0) is 36.8 Å². The van der Waals surface area contributed by atoms with E-state index in [0.29, 0.717) is 17.9 Å². The highest BCUT2D eigenvalue weighted by atomic mass is 32.2. The molecule has 0 heterocycles. The number of para-hydroxylation sites is 1. The molecule has 0 spiro atoms. The van der Waals surface area contributed by atoms with Crippen molar-refractivity contribution in [1.29, 1.82) is 0 Å². The Hall–Kier alpha value is -3.49. The standard InChI is InChI=1S/C23H23N3O4S/c1-18-11-13-21(14-12-18)31(28,29)25-16-23(27)26-24-15-20-9-5-6-10-22(20)30-17-19-7-3-2-4-8-19/h2-15,25H,16-17H2,1H3,(H,26,27). The quantitative estimate of drug-likeness (QED) is 0.397. The van der Waals surface area contributed by atoms with Gasteiger partial charge in [0.25, 0.3) is 5.91 Å². The summed E-state index contributed by atoms with van der Waals surface area (Å²) in [5.41, 5.74) is 4.97. The Morgan fingerprint density at radius 1 is 0.968 bits per heavy atom. The number of rotatable bonds is 9. The van der Waals surface area contributed by atoms with Crippen LogP contribution in [-0.2, 0) is 21.4 Å². The van der Waals surface area contributed by atoms with Crippen molar-refractivity contribution < 1.29 is 17.9 Å². The largest absolute Gasteiger partial charge is 0.488 e. The van der Waals surface area contributed by atoms with E-state index >= 15 is 0 Å². The van der Waals surface area contributed by atoms with Gasteiger partial charge in [-0.15, -0.1) is 0 Å². The number of amides is 1. The molecule has 0 aliphatic rings. The molecule has 2 N–H and O–H groups in total. The van der Waals surface area contributed by atoms with Crippen molar-refractivity contribution in [2.75, 3.05) is 6.54 Å². The molecule has 0 saturated heterocycles. The lowest BCUT2D eigenvalue weighted by Gasteiger charge is -2.09. The van der Waals surface area contributed by atoms with Gasteiger partial charge in [-0.25, -0.2) is 18.6 Å². The first kappa shape index (κ1) is 22.2. The average Bonchev–Trinajstić information content (AvgIpc) is 2.78. The topological polar surface area (TPSA) is 96.9 Å². The molecule has 0 radical (unpaired) electrons. The van der Waals surface area contributed by atoms with Crippen LogP contribution in [0.25, 0.3) is 0 Å². The SMILES string of the molecule is Cc1ccc(S(=O)(=O)NCC(=O)NN=Cc2ccccc2OCc2ccccc2)cc1. The lowest BCUT2D eigenvalue weighted by Crippen LogP contribution is -2.34. The molecule has 0 fully saturated rings. The van der Waals surface area contributed by atoms with Crippen molar-refractivity contribution in [3.05, 3.63) is 95.6 Å². The lowest BCUT2D eigenvalue weighted by atomic mass is 10.2. The van der Waals surface area contributed by atoms with Crippen LogP contribution in [0.1, 0.15) is 16.7 Å². The van der Waals surface area contributed by atoms with Crippen molar-refractivity contribution in [1.82, 2.24) is 10.1 Å². The van der Waals surface area contributed by atoms with Gasteiger partial charge in [0.2, 0.25) is 10.0 Å². The van der Waals surface area contributed by atoms with Crippen LogP contribution in [0.2, 0.25) is 0 Å². The molecule has 0 saturated carbocycles. The molecule has 0 unspecified atom stereocenters. The molecule has 0 bridgehead atoms. The maximum absolute atomic E-state index is 12.2. The summed E-state index contributed by atoms with van der Waals surface area (Å²) in [7, 11) is -3.77. The van der Waals surface area contributed by atoms with Crippen molar-refractivity contribution in [3.8, 4) is 5.75 Å². The Bertz CT molecular complexity index is 1140. The molecular formula is C23H23N3O4S. The molecule has 7 nitrogen and oxygen atoms in total. The number of ether oxygens (including phenoxy) is 1. The third kappa shape index (κ3) is 6.77. The van der Waals surface area contributed by atoms with E-state index in [9.17, 15) is 13.2 Å². The maximum atomic E-state index is 12.2. The van der Waals surface area contributed by atoms with Crippen molar-refractivity contribution in [2.24, 2.45) is 5.10 Å². The first-order valence-electron chi connectivity index (χ1n) is 9.58.